The summed E-state index contributed by atoms with van der Waals surface area (Å²) >= 11 is 6.13. The summed E-state index contributed by atoms with van der Waals surface area (Å²) in [6.45, 7) is 1.44. The molecule has 0 fully saturated rings. The molecule has 0 unspecified atom stereocenters. The van der Waals surface area contributed by atoms with Gasteiger partial charge >= 0.3 is 5.97 Å². The van der Waals surface area contributed by atoms with E-state index in [4.69, 9.17) is 21.1 Å². The first-order valence-electron chi connectivity index (χ1n) is 8.54. The van der Waals surface area contributed by atoms with Crippen molar-refractivity contribution in [3.05, 3.63) is 53.1 Å². The number of anilines is 2. The van der Waals surface area contributed by atoms with Gasteiger partial charge in [0.1, 0.15) is 12.3 Å². The van der Waals surface area contributed by atoms with Gasteiger partial charge in [-0.05, 0) is 37.3 Å². The third kappa shape index (κ3) is 6.10. The summed E-state index contributed by atoms with van der Waals surface area (Å²) in [4.78, 5) is 24.2. The maximum Gasteiger partial charge on any atom is 0.338 e. The summed E-state index contributed by atoms with van der Waals surface area (Å²) in [5, 5.41) is 2.67. The smallest absolute Gasteiger partial charge is 0.338 e. The van der Waals surface area contributed by atoms with Crippen LogP contribution in [0.3, 0.4) is 0 Å². The minimum Gasteiger partial charge on any atom is -0.497 e. The van der Waals surface area contributed by atoms with E-state index in [1.165, 1.54) is 31.4 Å². The molecule has 1 N–H and O–H groups in total. The number of carbonyl (C=O) groups excluding carboxylic acids is 2. The predicted octanol–water partition coefficient (Wildman–Crippen LogP) is 2.93. The Balaban J connectivity index is 2.19. The Kier molecular flexibility index (Phi) is 7.46. The Labute approximate surface area is 174 Å². The molecule has 0 atom stereocenters. The van der Waals surface area contributed by atoms with Crippen LogP contribution in [0.4, 0.5) is 11.4 Å². The van der Waals surface area contributed by atoms with Gasteiger partial charge in [-0.3, -0.25) is 9.10 Å². The van der Waals surface area contributed by atoms with Crippen LogP contribution in [-0.4, -0.2) is 46.8 Å². The fraction of sp³-hybridized carbons (Fsp3) is 0.263. The molecule has 2 aromatic rings. The lowest BCUT2D eigenvalue weighted by Gasteiger charge is -2.22. The van der Waals surface area contributed by atoms with Gasteiger partial charge in [0, 0.05) is 6.07 Å². The average molecular weight is 441 g/mol. The number of hydrogen-bond acceptors (Lipinski definition) is 6. The summed E-state index contributed by atoms with van der Waals surface area (Å²) in [5.74, 6) is -0.688. The summed E-state index contributed by atoms with van der Waals surface area (Å²) < 4.78 is 35.3. The molecule has 29 heavy (non-hydrogen) atoms. The first kappa shape index (κ1) is 22.5. The van der Waals surface area contributed by atoms with Crippen molar-refractivity contribution >= 4 is 44.9 Å². The summed E-state index contributed by atoms with van der Waals surface area (Å²) in [7, 11) is -2.29. The number of esters is 1. The molecule has 0 radical (unpaired) electrons. The second-order valence-corrected chi connectivity index (χ2v) is 8.25. The van der Waals surface area contributed by atoms with Crippen LogP contribution in [0.2, 0.25) is 5.02 Å². The zero-order valence-electron chi connectivity index (χ0n) is 16.1. The number of hydrogen-bond donors (Lipinski definition) is 1. The highest BCUT2D eigenvalue weighted by atomic mass is 35.5. The van der Waals surface area contributed by atoms with Crippen LogP contribution < -0.4 is 14.4 Å². The third-order valence-electron chi connectivity index (χ3n) is 3.78. The first-order valence-corrected chi connectivity index (χ1v) is 10.8. The number of nitrogens with zero attached hydrogens (tertiary/aromatic N) is 1. The van der Waals surface area contributed by atoms with Crippen molar-refractivity contribution in [1.82, 2.24) is 0 Å². The SMILES string of the molecule is CCOC(=O)c1ccc(NC(=O)CN(c2cccc(OC)c2)S(C)(=O)=O)c(Cl)c1. The van der Waals surface area contributed by atoms with E-state index < -0.39 is 28.4 Å². The normalized spacial score (nSPS) is 10.9. The maximum absolute atomic E-state index is 12.5. The van der Waals surface area contributed by atoms with Crippen LogP contribution >= 0.6 is 11.6 Å². The molecule has 10 heteroatoms. The monoisotopic (exact) mass is 440 g/mol. The minimum absolute atomic E-state index is 0.121. The Morgan fingerprint density at radius 2 is 1.90 bits per heavy atom. The van der Waals surface area contributed by atoms with Gasteiger partial charge in [0.2, 0.25) is 15.9 Å². The third-order valence-corrected chi connectivity index (χ3v) is 5.24. The van der Waals surface area contributed by atoms with Crippen LogP contribution in [0.25, 0.3) is 0 Å². The van der Waals surface area contributed by atoms with E-state index in [-0.39, 0.29) is 28.6 Å². The molecule has 0 heterocycles. The van der Waals surface area contributed by atoms with Gasteiger partial charge in [-0.1, -0.05) is 17.7 Å². The number of nitrogens with one attached hydrogen (secondary N) is 1. The van der Waals surface area contributed by atoms with Gasteiger partial charge in [0.05, 0.1) is 41.9 Å². The Morgan fingerprint density at radius 3 is 2.48 bits per heavy atom. The predicted molar refractivity (Wildman–Crippen MR) is 111 cm³/mol. The Morgan fingerprint density at radius 1 is 1.17 bits per heavy atom. The largest absolute Gasteiger partial charge is 0.497 e. The van der Waals surface area contributed by atoms with E-state index in [1.54, 1.807) is 25.1 Å². The number of ether oxygens (including phenoxy) is 2. The van der Waals surface area contributed by atoms with E-state index in [0.717, 1.165) is 10.6 Å². The lowest BCUT2D eigenvalue weighted by atomic mass is 10.2. The van der Waals surface area contributed by atoms with Gasteiger partial charge in [0.15, 0.2) is 0 Å². The van der Waals surface area contributed by atoms with Crippen molar-refractivity contribution in [2.24, 2.45) is 0 Å². The van der Waals surface area contributed by atoms with Gasteiger partial charge in [-0.2, -0.15) is 0 Å². The number of sulfonamides is 1. The highest BCUT2D eigenvalue weighted by Crippen LogP contribution is 2.25. The molecule has 0 saturated carbocycles. The lowest BCUT2D eigenvalue weighted by molar-refractivity contribution is -0.114. The molecule has 2 aromatic carbocycles. The zero-order valence-corrected chi connectivity index (χ0v) is 17.7. The van der Waals surface area contributed by atoms with E-state index in [2.05, 4.69) is 5.32 Å². The number of carbonyl (C=O) groups is 2. The molecule has 0 aliphatic rings. The number of methoxy groups -OCH3 is 1. The molecule has 156 valence electrons. The summed E-state index contributed by atoms with van der Waals surface area (Å²) in [6.07, 6.45) is 1.00. The number of benzene rings is 2. The highest BCUT2D eigenvalue weighted by molar-refractivity contribution is 7.92. The molecule has 0 saturated heterocycles. The Hall–Kier alpha value is -2.78. The molecule has 0 bridgehead atoms. The quantitative estimate of drug-likeness (QED) is 0.633. The molecule has 0 spiro atoms. The fourth-order valence-corrected chi connectivity index (χ4v) is 3.52. The van der Waals surface area contributed by atoms with Crippen molar-refractivity contribution in [2.75, 3.05) is 36.1 Å². The van der Waals surface area contributed by atoms with Crippen molar-refractivity contribution < 1.29 is 27.5 Å². The number of amides is 1. The fourth-order valence-electron chi connectivity index (χ4n) is 2.44. The minimum atomic E-state index is -3.74. The average Bonchev–Trinajstić information content (AvgIpc) is 2.67. The summed E-state index contributed by atoms with van der Waals surface area (Å²) in [6, 6.07) is 10.6. The van der Waals surface area contributed by atoms with Crippen LogP contribution in [0.1, 0.15) is 17.3 Å². The highest BCUT2D eigenvalue weighted by Gasteiger charge is 2.22. The second kappa shape index (κ2) is 9.62. The van der Waals surface area contributed by atoms with Crippen LogP contribution in [-0.2, 0) is 19.6 Å². The van der Waals surface area contributed by atoms with E-state index >= 15 is 0 Å². The zero-order chi connectivity index (χ0) is 21.6. The van der Waals surface area contributed by atoms with Crippen molar-refractivity contribution in [2.45, 2.75) is 6.92 Å². The van der Waals surface area contributed by atoms with Gasteiger partial charge in [0.25, 0.3) is 0 Å². The van der Waals surface area contributed by atoms with E-state index in [1.807, 2.05) is 0 Å². The molecule has 0 aromatic heterocycles. The second-order valence-electron chi connectivity index (χ2n) is 5.93. The van der Waals surface area contributed by atoms with Crippen molar-refractivity contribution in [3.8, 4) is 5.75 Å². The summed E-state index contributed by atoms with van der Waals surface area (Å²) in [5.41, 5.74) is 0.763. The van der Waals surface area contributed by atoms with Crippen LogP contribution in [0.5, 0.6) is 5.75 Å². The van der Waals surface area contributed by atoms with Gasteiger partial charge in [-0.25, -0.2) is 13.2 Å². The molecule has 0 aliphatic heterocycles. The van der Waals surface area contributed by atoms with Crippen molar-refractivity contribution in [1.29, 1.82) is 0 Å². The van der Waals surface area contributed by atoms with Crippen LogP contribution in [0.15, 0.2) is 42.5 Å². The molecule has 1 amide bonds. The van der Waals surface area contributed by atoms with Gasteiger partial charge < -0.3 is 14.8 Å². The molecule has 8 nitrogen and oxygen atoms in total. The van der Waals surface area contributed by atoms with Crippen LogP contribution in [0, 0.1) is 0 Å². The lowest BCUT2D eigenvalue weighted by Crippen LogP contribution is -2.37. The standard InChI is InChI=1S/C19H21ClN2O6S/c1-4-28-19(24)13-8-9-17(16(20)10-13)21-18(23)12-22(29(3,25)26)14-6-5-7-15(11-14)27-2/h5-11H,4,12H2,1-3H3,(H,21,23). The van der Waals surface area contributed by atoms with Crippen molar-refractivity contribution in [3.63, 3.8) is 0 Å². The maximum atomic E-state index is 12.5. The molecule has 2 rings (SSSR count). The Bertz CT molecular complexity index is 1010. The van der Waals surface area contributed by atoms with Gasteiger partial charge in [-0.15, -0.1) is 0 Å². The molecule has 0 aliphatic carbocycles. The molecular weight excluding hydrogens is 420 g/mol. The van der Waals surface area contributed by atoms with E-state index in [9.17, 15) is 18.0 Å². The number of halogens is 1. The molecular formula is C19H21ClN2O6S. The number of rotatable bonds is 8. The first-order chi connectivity index (χ1) is 13.7. The van der Waals surface area contributed by atoms with E-state index in [0.29, 0.717) is 5.75 Å². The topological polar surface area (TPSA) is 102 Å².